The molecule has 0 aliphatic rings. The third-order valence-corrected chi connectivity index (χ3v) is 2.46. The van der Waals surface area contributed by atoms with Crippen LogP contribution in [0.15, 0.2) is 48.5 Å². The maximum absolute atomic E-state index is 12.7. The molecule has 19 heavy (non-hydrogen) atoms. The molecule has 0 aliphatic carbocycles. The summed E-state index contributed by atoms with van der Waals surface area (Å²) < 4.78 is 12.7. The van der Waals surface area contributed by atoms with E-state index < -0.39 is 16.6 Å². The predicted molar refractivity (Wildman–Crippen MR) is 67.4 cm³/mol. The Labute approximate surface area is 107 Å². The molecule has 6 heteroatoms. The van der Waals surface area contributed by atoms with Crippen molar-refractivity contribution in [2.45, 2.75) is 0 Å². The number of nitro benzene ring substituents is 1. The van der Waals surface area contributed by atoms with E-state index in [2.05, 4.69) is 5.32 Å². The second kappa shape index (κ2) is 5.26. The van der Waals surface area contributed by atoms with Gasteiger partial charge in [0.25, 0.3) is 11.6 Å². The Morgan fingerprint density at radius 3 is 2.37 bits per heavy atom. The Morgan fingerprint density at radius 1 is 1.11 bits per heavy atom. The van der Waals surface area contributed by atoms with Crippen molar-refractivity contribution in [3.05, 3.63) is 70.0 Å². The number of nitrogens with one attached hydrogen (secondary N) is 1. The average Bonchev–Trinajstić information content (AvgIpc) is 2.39. The van der Waals surface area contributed by atoms with Gasteiger partial charge in [-0.3, -0.25) is 14.9 Å². The Hall–Kier alpha value is -2.76. The van der Waals surface area contributed by atoms with Gasteiger partial charge in [-0.05, 0) is 30.3 Å². The molecule has 2 rings (SSSR count). The van der Waals surface area contributed by atoms with E-state index in [4.69, 9.17) is 0 Å². The van der Waals surface area contributed by atoms with E-state index in [0.717, 1.165) is 12.1 Å². The Bertz CT molecular complexity index is 626. The van der Waals surface area contributed by atoms with Crippen molar-refractivity contribution in [1.82, 2.24) is 0 Å². The second-order valence-electron chi connectivity index (χ2n) is 3.74. The van der Waals surface area contributed by atoms with Crippen LogP contribution in [-0.4, -0.2) is 10.8 Å². The SMILES string of the molecule is O=C(Nc1ccccc1[N+](=O)[O-])c1ccc(F)cc1. The minimum Gasteiger partial charge on any atom is -0.316 e. The highest BCUT2D eigenvalue weighted by molar-refractivity contribution is 6.05. The number of amides is 1. The number of rotatable bonds is 3. The molecule has 1 N–H and O–H groups in total. The molecule has 0 atom stereocenters. The lowest BCUT2D eigenvalue weighted by molar-refractivity contribution is -0.383. The number of carbonyl (C=O) groups excluding carboxylic acids is 1. The maximum atomic E-state index is 12.7. The molecule has 0 saturated carbocycles. The highest BCUT2D eigenvalue weighted by atomic mass is 19.1. The monoisotopic (exact) mass is 260 g/mol. The van der Waals surface area contributed by atoms with Gasteiger partial charge >= 0.3 is 0 Å². The fourth-order valence-corrected chi connectivity index (χ4v) is 1.53. The molecular formula is C13H9FN2O3. The number of hydrogen-bond acceptors (Lipinski definition) is 3. The molecule has 0 bridgehead atoms. The van der Waals surface area contributed by atoms with Gasteiger partial charge in [-0.1, -0.05) is 12.1 Å². The Morgan fingerprint density at radius 2 is 1.74 bits per heavy atom. The fraction of sp³-hybridized carbons (Fsp3) is 0. The van der Waals surface area contributed by atoms with Crippen LogP contribution < -0.4 is 5.32 Å². The molecule has 0 unspecified atom stereocenters. The van der Waals surface area contributed by atoms with Crippen molar-refractivity contribution in [2.75, 3.05) is 5.32 Å². The minimum absolute atomic E-state index is 0.0989. The topological polar surface area (TPSA) is 72.2 Å². The first kappa shape index (κ1) is 12.7. The number of hydrogen-bond donors (Lipinski definition) is 1. The number of anilines is 1. The van der Waals surface area contributed by atoms with Gasteiger partial charge in [0.05, 0.1) is 4.92 Å². The third-order valence-electron chi connectivity index (χ3n) is 2.46. The van der Waals surface area contributed by atoms with Gasteiger partial charge in [0.1, 0.15) is 11.5 Å². The van der Waals surface area contributed by atoms with Gasteiger partial charge in [0, 0.05) is 11.6 Å². The lowest BCUT2D eigenvalue weighted by atomic mass is 10.2. The number of carbonyl (C=O) groups is 1. The van der Waals surface area contributed by atoms with Crippen molar-refractivity contribution in [3.8, 4) is 0 Å². The lowest BCUT2D eigenvalue weighted by Crippen LogP contribution is -2.13. The van der Waals surface area contributed by atoms with Crippen molar-refractivity contribution < 1.29 is 14.1 Å². The van der Waals surface area contributed by atoms with Crippen LogP contribution in [0.5, 0.6) is 0 Å². The van der Waals surface area contributed by atoms with Crippen molar-refractivity contribution in [2.24, 2.45) is 0 Å². The largest absolute Gasteiger partial charge is 0.316 e. The van der Waals surface area contributed by atoms with Crippen LogP contribution in [0.2, 0.25) is 0 Å². The Balaban J connectivity index is 2.24. The Kier molecular flexibility index (Phi) is 3.51. The molecule has 2 aromatic rings. The zero-order valence-corrected chi connectivity index (χ0v) is 9.67. The number of nitro groups is 1. The highest BCUT2D eigenvalue weighted by Crippen LogP contribution is 2.23. The van der Waals surface area contributed by atoms with E-state index in [1.54, 1.807) is 6.07 Å². The minimum atomic E-state index is -0.583. The summed E-state index contributed by atoms with van der Waals surface area (Å²) in [6.45, 7) is 0. The second-order valence-corrected chi connectivity index (χ2v) is 3.74. The molecule has 0 heterocycles. The van der Waals surface area contributed by atoms with Gasteiger partial charge in [-0.2, -0.15) is 0 Å². The molecule has 2 aromatic carbocycles. The first-order valence-electron chi connectivity index (χ1n) is 5.38. The first-order valence-corrected chi connectivity index (χ1v) is 5.38. The normalized spacial score (nSPS) is 9.95. The summed E-state index contributed by atoms with van der Waals surface area (Å²) in [5, 5.41) is 13.2. The van der Waals surface area contributed by atoms with Gasteiger partial charge in [0.2, 0.25) is 0 Å². The summed E-state index contributed by atoms with van der Waals surface area (Å²) in [7, 11) is 0. The quantitative estimate of drug-likeness (QED) is 0.681. The zero-order valence-electron chi connectivity index (χ0n) is 9.67. The van der Waals surface area contributed by atoms with E-state index in [1.807, 2.05) is 0 Å². The summed E-state index contributed by atoms with van der Waals surface area (Å²) in [4.78, 5) is 22.1. The molecule has 0 aliphatic heterocycles. The summed E-state index contributed by atoms with van der Waals surface area (Å²) in [5.41, 5.74) is 0.124. The summed E-state index contributed by atoms with van der Waals surface area (Å²) in [6.07, 6.45) is 0. The lowest BCUT2D eigenvalue weighted by Gasteiger charge is -2.05. The van der Waals surface area contributed by atoms with Gasteiger partial charge in [-0.15, -0.1) is 0 Å². The summed E-state index contributed by atoms with van der Waals surface area (Å²) in [5.74, 6) is -0.989. The third kappa shape index (κ3) is 2.92. The smallest absolute Gasteiger partial charge is 0.292 e. The predicted octanol–water partition coefficient (Wildman–Crippen LogP) is 2.99. The molecule has 0 fully saturated rings. The van der Waals surface area contributed by atoms with Gasteiger partial charge in [0.15, 0.2) is 0 Å². The zero-order chi connectivity index (χ0) is 13.8. The van der Waals surface area contributed by atoms with E-state index in [-0.39, 0.29) is 16.9 Å². The number of para-hydroxylation sites is 2. The average molecular weight is 260 g/mol. The van der Waals surface area contributed by atoms with Gasteiger partial charge < -0.3 is 5.32 Å². The highest BCUT2D eigenvalue weighted by Gasteiger charge is 2.15. The van der Waals surface area contributed by atoms with Crippen LogP contribution in [0.1, 0.15) is 10.4 Å². The number of benzene rings is 2. The van der Waals surface area contributed by atoms with Crippen molar-refractivity contribution in [1.29, 1.82) is 0 Å². The van der Waals surface area contributed by atoms with Crippen LogP contribution >= 0.6 is 0 Å². The number of halogens is 1. The van der Waals surface area contributed by atoms with E-state index in [0.29, 0.717) is 0 Å². The van der Waals surface area contributed by atoms with Crippen LogP contribution in [0, 0.1) is 15.9 Å². The molecule has 0 spiro atoms. The molecule has 96 valence electrons. The number of nitrogens with zero attached hydrogens (tertiary/aromatic N) is 1. The standard InChI is InChI=1S/C13H9FN2O3/c14-10-7-5-9(6-8-10)13(17)15-11-3-1-2-4-12(11)16(18)19/h1-8H,(H,15,17). The van der Waals surface area contributed by atoms with Crippen molar-refractivity contribution >= 4 is 17.3 Å². The van der Waals surface area contributed by atoms with E-state index >= 15 is 0 Å². The maximum Gasteiger partial charge on any atom is 0.292 e. The van der Waals surface area contributed by atoms with Crippen LogP contribution in [0.3, 0.4) is 0 Å². The molecule has 0 radical (unpaired) electrons. The summed E-state index contributed by atoms with van der Waals surface area (Å²) in [6, 6.07) is 10.7. The molecule has 0 saturated heterocycles. The van der Waals surface area contributed by atoms with Crippen molar-refractivity contribution in [3.63, 3.8) is 0 Å². The van der Waals surface area contributed by atoms with Crippen LogP contribution in [-0.2, 0) is 0 Å². The van der Waals surface area contributed by atoms with E-state index in [9.17, 15) is 19.3 Å². The summed E-state index contributed by atoms with van der Waals surface area (Å²) >= 11 is 0. The van der Waals surface area contributed by atoms with Crippen LogP contribution in [0.4, 0.5) is 15.8 Å². The van der Waals surface area contributed by atoms with E-state index in [1.165, 1.54) is 30.3 Å². The molecule has 0 aromatic heterocycles. The molecule has 5 nitrogen and oxygen atoms in total. The first-order chi connectivity index (χ1) is 9.08. The van der Waals surface area contributed by atoms with Gasteiger partial charge in [-0.25, -0.2) is 4.39 Å². The fourth-order valence-electron chi connectivity index (χ4n) is 1.53. The van der Waals surface area contributed by atoms with Crippen LogP contribution in [0.25, 0.3) is 0 Å². The molecular weight excluding hydrogens is 251 g/mol. The molecule has 1 amide bonds.